The highest BCUT2D eigenvalue weighted by molar-refractivity contribution is 6.16. The van der Waals surface area contributed by atoms with Crippen molar-refractivity contribution in [1.82, 2.24) is 15.0 Å². The van der Waals surface area contributed by atoms with Crippen LogP contribution in [-0.4, -0.2) is 15.0 Å². The molecule has 0 atom stereocenters. The van der Waals surface area contributed by atoms with E-state index in [2.05, 4.69) is 158 Å². The normalized spacial score (nSPS) is 12.8. The third-order valence-corrected chi connectivity index (χ3v) is 10.2. The summed E-state index contributed by atoms with van der Waals surface area (Å²) in [5.41, 5.74) is 11.3. The van der Waals surface area contributed by atoms with E-state index >= 15 is 0 Å². The predicted octanol–water partition coefficient (Wildman–Crippen LogP) is 13.0. The molecule has 0 radical (unpaired) electrons. The zero-order valence-corrected chi connectivity index (χ0v) is 28.9. The standard InChI is InChI=1S/C49H33N3O/c1-3-11-32(12-4-1)35-19-24-37(25-20-35)47-50-48(38-26-21-36(22-27-38)33-13-5-2-6-14-33)52-49(51-47)43-30-29-41(40-28-23-34-15-7-8-16-39(34)31-40)46-45(43)42-17-9-10-18-44(42)53-46/h1,3-5,7-31H,2,6H2. The Morgan fingerprint density at radius 3 is 1.79 bits per heavy atom. The van der Waals surface area contributed by atoms with Crippen molar-refractivity contribution < 1.29 is 4.42 Å². The first kappa shape index (κ1) is 30.9. The van der Waals surface area contributed by atoms with Gasteiger partial charge >= 0.3 is 0 Å². The number of para-hydroxylation sites is 1. The Bertz CT molecular complexity index is 2870. The second-order valence-corrected chi connectivity index (χ2v) is 13.5. The largest absolute Gasteiger partial charge is 0.455 e. The minimum atomic E-state index is 0.598. The van der Waals surface area contributed by atoms with E-state index in [4.69, 9.17) is 19.4 Å². The van der Waals surface area contributed by atoms with Crippen LogP contribution in [-0.2, 0) is 0 Å². The van der Waals surface area contributed by atoms with E-state index in [0.29, 0.717) is 17.5 Å². The molecule has 2 heterocycles. The molecule has 0 saturated carbocycles. The molecular formula is C49H33N3O. The third-order valence-electron chi connectivity index (χ3n) is 10.2. The minimum absolute atomic E-state index is 0.598. The maximum Gasteiger partial charge on any atom is 0.164 e. The minimum Gasteiger partial charge on any atom is -0.455 e. The number of benzene rings is 7. The summed E-state index contributed by atoms with van der Waals surface area (Å²) in [5, 5.41) is 4.40. The molecule has 0 saturated heterocycles. The van der Waals surface area contributed by atoms with Gasteiger partial charge in [-0.1, -0.05) is 152 Å². The van der Waals surface area contributed by atoms with Gasteiger partial charge in [-0.15, -0.1) is 0 Å². The topological polar surface area (TPSA) is 51.8 Å². The highest BCUT2D eigenvalue weighted by atomic mass is 16.3. The van der Waals surface area contributed by atoms with E-state index in [1.807, 2.05) is 18.2 Å². The molecule has 2 aromatic heterocycles. The molecule has 4 heteroatoms. The monoisotopic (exact) mass is 679 g/mol. The molecule has 250 valence electrons. The summed E-state index contributed by atoms with van der Waals surface area (Å²) in [7, 11) is 0. The summed E-state index contributed by atoms with van der Waals surface area (Å²) in [4.78, 5) is 15.5. The van der Waals surface area contributed by atoms with Crippen molar-refractivity contribution in [3.8, 4) is 56.4 Å². The first-order chi connectivity index (χ1) is 26.2. The lowest BCUT2D eigenvalue weighted by molar-refractivity contribution is 0.670. The summed E-state index contributed by atoms with van der Waals surface area (Å²) in [6.45, 7) is 0. The van der Waals surface area contributed by atoms with Crippen molar-refractivity contribution in [2.24, 2.45) is 0 Å². The lowest BCUT2D eigenvalue weighted by atomic mass is 9.96. The molecule has 0 fully saturated rings. The molecule has 53 heavy (non-hydrogen) atoms. The Balaban J connectivity index is 1.16. The third kappa shape index (κ3) is 5.71. The Morgan fingerprint density at radius 1 is 0.434 bits per heavy atom. The number of rotatable bonds is 6. The quantitative estimate of drug-likeness (QED) is 0.175. The van der Waals surface area contributed by atoms with Gasteiger partial charge in [-0.3, -0.25) is 0 Å². The second-order valence-electron chi connectivity index (χ2n) is 13.5. The first-order valence-electron chi connectivity index (χ1n) is 18.1. The van der Waals surface area contributed by atoms with Gasteiger partial charge in [0.05, 0.1) is 0 Å². The van der Waals surface area contributed by atoms with E-state index in [1.54, 1.807) is 0 Å². The van der Waals surface area contributed by atoms with Crippen LogP contribution >= 0.6 is 0 Å². The second kappa shape index (κ2) is 13.0. The van der Waals surface area contributed by atoms with Crippen LogP contribution in [0.5, 0.6) is 0 Å². The van der Waals surface area contributed by atoms with Gasteiger partial charge in [-0.05, 0) is 75.7 Å². The Labute approximate surface area is 307 Å². The maximum atomic E-state index is 6.69. The molecule has 1 aliphatic rings. The Hall–Kier alpha value is -6.91. The fourth-order valence-electron chi connectivity index (χ4n) is 7.43. The van der Waals surface area contributed by atoms with E-state index in [9.17, 15) is 0 Å². The van der Waals surface area contributed by atoms with Gasteiger partial charge in [0.1, 0.15) is 11.2 Å². The highest BCUT2D eigenvalue weighted by Gasteiger charge is 2.21. The van der Waals surface area contributed by atoms with Crippen molar-refractivity contribution in [3.05, 3.63) is 182 Å². The van der Waals surface area contributed by atoms with E-state index in [-0.39, 0.29) is 0 Å². The summed E-state index contributed by atoms with van der Waals surface area (Å²) in [6.07, 6.45) is 8.90. The predicted molar refractivity (Wildman–Crippen MR) is 218 cm³/mol. The van der Waals surface area contributed by atoms with E-state index in [0.717, 1.165) is 68.2 Å². The smallest absolute Gasteiger partial charge is 0.164 e. The Kier molecular flexibility index (Phi) is 7.58. The number of fused-ring (bicyclic) bond motifs is 4. The number of hydrogen-bond acceptors (Lipinski definition) is 4. The molecular weight excluding hydrogens is 647 g/mol. The lowest BCUT2D eigenvalue weighted by Gasteiger charge is -2.12. The fraction of sp³-hybridized carbons (Fsp3) is 0.0408. The molecule has 1 aliphatic carbocycles. The van der Waals surface area contributed by atoms with Gasteiger partial charge in [0.2, 0.25) is 0 Å². The zero-order valence-electron chi connectivity index (χ0n) is 28.9. The van der Waals surface area contributed by atoms with E-state index < -0.39 is 0 Å². The molecule has 9 aromatic rings. The van der Waals surface area contributed by atoms with Crippen LogP contribution in [0.25, 0.3) is 94.7 Å². The van der Waals surface area contributed by atoms with Crippen molar-refractivity contribution in [3.63, 3.8) is 0 Å². The molecule has 0 aliphatic heterocycles. The average molecular weight is 680 g/mol. The van der Waals surface area contributed by atoms with Crippen LogP contribution in [0.1, 0.15) is 18.4 Å². The van der Waals surface area contributed by atoms with Gasteiger partial charge < -0.3 is 4.42 Å². The number of hydrogen-bond donors (Lipinski definition) is 0. The summed E-state index contributed by atoms with van der Waals surface area (Å²) in [6, 6.07) is 55.0. The van der Waals surface area contributed by atoms with Crippen LogP contribution in [0.3, 0.4) is 0 Å². The van der Waals surface area contributed by atoms with Gasteiger partial charge in [0, 0.05) is 33.0 Å². The van der Waals surface area contributed by atoms with Crippen molar-refractivity contribution >= 4 is 38.3 Å². The summed E-state index contributed by atoms with van der Waals surface area (Å²) >= 11 is 0. The maximum absolute atomic E-state index is 6.69. The van der Waals surface area contributed by atoms with Crippen molar-refractivity contribution in [2.75, 3.05) is 0 Å². The molecule has 0 amide bonds. The molecule has 0 spiro atoms. The number of allylic oxidation sites excluding steroid dienone is 4. The molecule has 4 nitrogen and oxygen atoms in total. The first-order valence-corrected chi connectivity index (χ1v) is 18.1. The highest BCUT2D eigenvalue weighted by Crippen LogP contribution is 2.42. The van der Waals surface area contributed by atoms with Gasteiger partial charge in [0.25, 0.3) is 0 Å². The summed E-state index contributed by atoms with van der Waals surface area (Å²) < 4.78 is 6.69. The number of nitrogens with zero attached hydrogens (tertiary/aromatic N) is 3. The van der Waals surface area contributed by atoms with Crippen LogP contribution < -0.4 is 0 Å². The van der Waals surface area contributed by atoms with Gasteiger partial charge in [0.15, 0.2) is 17.5 Å². The van der Waals surface area contributed by atoms with Crippen LogP contribution in [0.15, 0.2) is 180 Å². The van der Waals surface area contributed by atoms with Gasteiger partial charge in [-0.2, -0.15) is 0 Å². The zero-order chi connectivity index (χ0) is 35.1. The molecule has 7 aromatic carbocycles. The molecule has 10 rings (SSSR count). The number of aromatic nitrogens is 3. The average Bonchev–Trinajstić information content (AvgIpc) is 3.64. The molecule has 0 unspecified atom stereocenters. The number of furan rings is 1. The fourth-order valence-corrected chi connectivity index (χ4v) is 7.43. The van der Waals surface area contributed by atoms with Crippen molar-refractivity contribution in [1.29, 1.82) is 0 Å². The van der Waals surface area contributed by atoms with Crippen LogP contribution in [0.2, 0.25) is 0 Å². The Morgan fingerprint density at radius 2 is 1.04 bits per heavy atom. The SMILES string of the molecule is C1=CC(c2ccc(-c3nc(-c4ccc(-c5ccccc5)cc4)nc(-c4ccc(-c5ccc6ccccc6c5)c5oc6ccccc6c45)n3)cc2)=CCC1. The lowest BCUT2D eigenvalue weighted by Crippen LogP contribution is -2.01. The molecule has 0 N–H and O–H groups in total. The van der Waals surface area contributed by atoms with E-state index in [1.165, 1.54) is 27.5 Å². The van der Waals surface area contributed by atoms with Gasteiger partial charge in [-0.25, -0.2) is 15.0 Å². The van der Waals surface area contributed by atoms with Crippen LogP contribution in [0.4, 0.5) is 0 Å². The van der Waals surface area contributed by atoms with Crippen molar-refractivity contribution in [2.45, 2.75) is 12.8 Å². The summed E-state index contributed by atoms with van der Waals surface area (Å²) in [5.74, 6) is 1.84. The molecule has 0 bridgehead atoms. The van der Waals surface area contributed by atoms with Crippen LogP contribution in [0, 0.1) is 0 Å².